The largest absolute Gasteiger partial charge is 0.444 e. The molecular formula is C21H33N5O3. The molecule has 29 heavy (non-hydrogen) atoms. The number of guanidine groups is 1. The summed E-state index contributed by atoms with van der Waals surface area (Å²) in [4.78, 5) is 30.1. The van der Waals surface area contributed by atoms with Crippen molar-refractivity contribution < 1.29 is 14.3 Å². The van der Waals surface area contributed by atoms with Gasteiger partial charge in [-0.05, 0) is 51.8 Å². The minimum atomic E-state index is -0.509. The average molecular weight is 404 g/mol. The summed E-state index contributed by atoms with van der Waals surface area (Å²) >= 11 is 0. The number of anilines is 1. The van der Waals surface area contributed by atoms with Gasteiger partial charge >= 0.3 is 6.09 Å². The second kappa shape index (κ2) is 10.1. The summed E-state index contributed by atoms with van der Waals surface area (Å²) in [5.74, 6) is 0.713. The highest BCUT2D eigenvalue weighted by Crippen LogP contribution is 2.14. The van der Waals surface area contributed by atoms with E-state index in [0.29, 0.717) is 13.1 Å². The lowest BCUT2D eigenvalue weighted by atomic mass is 10.2. The molecule has 160 valence electrons. The molecule has 0 bridgehead atoms. The number of hydrogen-bond acceptors (Lipinski definition) is 4. The van der Waals surface area contributed by atoms with E-state index >= 15 is 0 Å². The highest BCUT2D eigenvalue weighted by Gasteiger charge is 2.27. The molecule has 1 aliphatic heterocycles. The smallest absolute Gasteiger partial charge is 0.407 e. The van der Waals surface area contributed by atoms with Crippen LogP contribution in [0.3, 0.4) is 0 Å². The zero-order chi connectivity index (χ0) is 21.4. The van der Waals surface area contributed by atoms with E-state index in [0.717, 1.165) is 36.7 Å². The lowest BCUT2D eigenvalue weighted by molar-refractivity contribution is -0.114. The van der Waals surface area contributed by atoms with Gasteiger partial charge in [-0.3, -0.25) is 4.79 Å². The van der Waals surface area contributed by atoms with Crippen LogP contribution >= 0.6 is 0 Å². The Kier molecular flexibility index (Phi) is 7.87. The minimum absolute atomic E-state index is 0.0248. The minimum Gasteiger partial charge on any atom is -0.444 e. The third-order valence-corrected chi connectivity index (χ3v) is 4.20. The van der Waals surface area contributed by atoms with E-state index in [4.69, 9.17) is 9.73 Å². The molecule has 1 unspecified atom stereocenters. The number of carbonyl (C=O) groups is 2. The highest BCUT2D eigenvalue weighted by atomic mass is 16.6. The van der Waals surface area contributed by atoms with Gasteiger partial charge in [0.1, 0.15) is 5.60 Å². The standard InChI is InChI=1S/C21H33N5O3/c1-6-22-19(23-13-16-8-7-9-17(12-16)24-15(2)27)26-11-10-18(14-26)25-20(28)29-21(3,4)5/h7-9,12,18H,6,10-11,13-14H2,1-5H3,(H,22,23)(H,24,27)(H,25,28). The number of rotatable bonds is 5. The molecule has 0 aromatic heterocycles. The summed E-state index contributed by atoms with van der Waals surface area (Å²) in [6.07, 6.45) is 0.447. The van der Waals surface area contributed by atoms with Crippen LogP contribution in [-0.2, 0) is 16.1 Å². The molecule has 1 atom stereocenters. The Balaban J connectivity index is 1.97. The van der Waals surface area contributed by atoms with E-state index in [9.17, 15) is 9.59 Å². The summed E-state index contributed by atoms with van der Waals surface area (Å²) < 4.78 is 5.34. The number of ether oxygens (including phenoxy) is 1. The van der Waals surface area contributed by atoms with Crippen LogP contribution in [0.1, 0.15) is 46.6 Å². The van der Waals surface area contributed by atoms with Crippen LogP contribution in [0.2, 0.25) is 0 Å². The molecule has 8 heteroatoms. The van der Waals surface area contributed by atoms with Crippen molar-refractivity contribution in [2.45, 2.75) is 59.2 Å². The molecule has 1 aromatic carbocycles. The van der Waals surface area contributed by atoms with Crippen molar-refractivity contribution >= 4 is 23.6 Å². The maximum atomic E-state index is 12.0. The number of amides is 2. The first kappa shape index (κ1) is 22.5. The number of nitrogens with one attached hydrogen (secondary N) is 3. The third-order valence-electron chi connectivity index (χ3n) is 4.20. The molecule has 1 aromatic rings. The van der Waals surface area contributed by atoms with E-state index in [1.54, 1.807) is 0 Å². The molecule has 0 radical (unpaired) electrons. The number of nitrogens with zero attached hydrogens (tertiary/aromatic N) is 2. The van der Waals surface area contributed by atoms with Crippen LogP contribution in [0.5, 0.6) is 0 Å². The van der Waals surface area contributed by atoms with Crippen LogP contribution in [0, 0.1) is 0 Å². The zero-order valence-electron chi connectivity index (χ0n) is 18.0. The monoisotopic (exact) mass is 403 g/mol. The van der Waals surface area contributed by atoms with E-state index in [1.807, 2.05) is 52.0 Å². The van der Waals surface area contributed by atoms with Gasteiger partial charge in [0.2, 0.25) is 5.91 Å². The topological polar surface area (TPSA) is 95.1 Å². The number of alkyl carbamates (subject to hydrolysis) is 1. The van der Waals surface area contributed by atoms with Crippen LogP contribution in [-0.4, -0.2) is 54.1 Å². The third kappa shape index (κ3) is 8.01. The Morgan fingerprint density at radius 3 is 2.72 bits per heavy atom. The Morgan fingerprint density at radius 1 is 1.31 bits per heavy atom. The van der Waals surface area contributed by atoms with Crippen LogP contribution < -0.4 is 16.0 Å². The predicted molar refractivity (Wildman–Crippen MR) is 115 cm³/mol. The number of hydrogen-bond donors (Lipinski definition) is 3. The maximum Gasteiger partial charge on any atom is 0.407 e. The Hall–Kier alpha value is -2.77. The molecular weight excluding hydrogens is 370 g/mol. The van der Waals surface area contributed by atoms with Crippen molar-refractivity contribution in [3.8, 4) is 0 Å². The van der Waals surface area contributed by atoms with Crippen molar-refractivity contribution in [2.75, 3.05) is 25.0 Å². The van der Waals surface area contributed by atoms with Gasteiger partial charge in [-0.25, -0.2) is 9.79 Å². The normalized spacial score (nSPS) is 17.1. The summed E-state index contributed by atoms with van der Waals surface area (Å²) in [5.41, 5.74) is 1.26. The van der Waals surface area contributed by atoms with Crippen molar-refractivity contribution in [2.24, 2.45) is 4.99 Å². The molecule has 8 nitrogen and oxygen atoms in total. The fraction of sp³-hybridized carbons (Fsp3) is 0.571. The first-order valence-corrected chi connectivity index (χ1v) is 10.1. The van der Waals surface area contributed by atoms with E-state index < -0.39 is 5.60 Å². The van der Waals surface area contributed by atoms with Gasteiger partial charge in [0, 0.05) is 32.2 Å². The van der Waals surface area contributed by atoms with E-state index in [-0.39, 0.29) is 18.0 Å². The van der Waals surface area contributed by atoms with E-state index in [2.05, 4.69) is 20.9 Å². The fourth-order valence-corrected chi connectivity index (χ4v) is 3.09. The average Bonchev–Trinajstić information content (AvgIpc) is 3.04. The number of benzene rings is 1. The van der Waals surface area contributed by atoms with Gasteiger partial charge in [0.25, 0.3) is 0 Å². The van der Waals surface area contributed by atoms with Gasteiger partial charge in [0.15, 0.2) is 5.96 Å². The van der Waals surface area contributed by atoms with Gasteiger partial charge in [0.05, 0.1) is 12.6 Å². The summed E-state index contributed by atoms with van der Waals surface area (Å²) in [5, 5.41) is 9.04. The number of likely N-dealkylation sites (tertiary alicyclic amines) is 1. The Morgan fingerprint density at radius 2 is 2.07 bits per heavy atom. The summed E-state index contributed by atoms with van der Waals surface area (Å²) in [7, 11) is 0. The first-order chi connectivity index (χ1) is 13.7. The molecule has 3 N–H and O–H groups in total. The van der Waals surface area contributed by atoms with Crippen LogP contribution in [0.4, 0.5) is 10.5 Å². The van der Waals surface area contributed by atoms with Crippen LogP contribution in [0.15, 0.2) is 29.3 Å². The number of carbonyl (C=O) groups excluding carboxylic acids is 2. The molecule has 1 saturated heterocycles. The second-order valence-electron chi connectivity index (χ2n) is 8.13. The highest BCUT2D eigenvalue weighted by molar-refractivity contribution is 5.88. The molecule has 2 rings (SSSR count). The lowest BCUT2D eigenvalue weighted by Gasteiger charge is -2.23. The molecule has 1 heterocycles. The molecule has 0 saturated carbocycles. The first-order valence-electron chi connectivity index (χ1n) is 10.1. The fourth-order valence-electron chi connectivity index (χ4n) is 3.09. The summed E-state index contributed by atoms with van der Waals surface area (Å²) in [6.45, 7) is 11.8. The molecule has 1 fully saturated rings. The van der Waals surface area contributed by atoms with E-state index in [1.165, 1.54) is 6.92 Å². The summed E-state index contributed by atoms with van der Waals surface area (Å²) in [6, 6.07) is 7.68. The van der Waals surface area contributed by atoms with Gasteiger partial charge in [-0.2, -0.15) is 0 Å². The maximum absolute atomic E-state index is 12.0. The second-order valence-corrected chi connectivity index (χ2v) is 8.13. The SMILES string of the molecule is CCNC(=NCc1cccc(NC(C)=O)c1)N1CCC(NC(=O)OC(C)(C)C)C1. The number of aliphatic imine (C=N–C) groups is 1. The zero-order valence-corrected chi connectivity index (χ0v) is 18.0. The molecule has 2 amide bonds. The van der Waals surface area contributed by atoms with Crippen LogP contribution in [0.25, 0.3) is 0 Å². The Labute approximate surface area is 173 Å². The van der Waals surface area contributed by atoms with Crippen molar-refractivity contribution in [3.63, 3.8) is 0 Å². The van der Waals surface area contributed by atoms with Gasteiger partial charge < -0.3 is 25.6 Å². The van der Waals surface area contributed by atoms with Crippen molar-refractivity contribution in [3.05, 3.63) is 29.8 Å². The molecule has 0 spiro atoms. The quantitative estimate of drug-likeness (QED) is 0.519. The van der Waals surface area contributed by atoms with Crippen molar-refractivity contribution in [1.29, 1.82) is 0 Å². The van der Waals surface area contributed by atoms with Crippen molar-refractivity contribution in [1.82, 2.24) is 15.5 Å². The Bertz CT molecular complexity index is 742. The van der Waals surface area contributed by atoms with Gasteiger partial charge in [-0.15, -0.1) is 0 Å². The molecule has 0 aliphatic carbocycles. The predicted octanol–water partition coefficient (Wildman–Crippen LogP) is 2.71. The lowest BCUT2D eigenvalue weighted by Crippen LogP contribution is -2.44. The van der Waals surface area contributed by atoms with Gasteiger partial charge in [-0.1, -0.05) is 12.1 Å². The molecule has 1 aliphatic rings.